The van der Waals surface area contributed by atoms with Crippen LogP contribution in [0.25, 0.3) is 0 Å². The summed E-state index contributed by atoms with van der Waals surface area (Å²) in [5.41, 5.74) is 0. The average molecular weight is 692 g/mol. The Labute approximate surface area is 305 Å². The molecule has 1 saturated heterocycles. The summed E-state index contributed by atoms with van der Waals surface area (Å²) in [5.74, 6) is -0.354. The van der Waals surface area contributed by atoms with Crippen LogP contribution in [-0.2, 0) is 9.47 Å². The molecule has 3 nitrogen and oxygen atoms in total. The lowest BCUT2D eigenvalue weighted by molar-refractivity contribution is -0.879. The summed E-state index contributed by atoms with van der Waals surface area (Å²) in [4.78, 5) is 0. The van der Waals surface area contributed by atoms with Crippen molar-refractivity contribution in [2.24, 2.45) is 0 Å². The summed E-state index contributed by atoms with van der Waals surface area (Å²) in [6.07, 6.45) is 52.9. The van der Waals surface area contributed by atoms with E-state index >= 15 is 0 Å². The smallest absolute Gasteiger partial charge is 0.168 e. The molecule has 0 aliphatic carbocycles. The lowest BCUT2D eigenvalue weighted by Crippen LogP contribution is -2.41. The van der Waals surface area contributed by atoms with Crippen LogP contribution in [0.2, 0.25) is 0 Å². The van der Waals surface area contributed by atoms with Crippen molar-refractivity contribution >= 4 is 11.6 Å². The van der Waals surface area contributed by atoms with Gasteiger partial charge in [-0.2, -0.15) is 0 Å². The van der Waals surface area contributed by atoms with E-state index in [0.29, 0.717) is 6.00 Å². The van der Waals surface area contributed by atoms with Gasteiger partial charge in [0.1, 0.15) is 0 Å². The minimum Gasteiger partial charge on any atom is -0.347 e. The van der Waals surface area contributed by atoms with Gasteiger partial charge in [0.2, 0.25) is 0 Å². The standard InChI is InChI=1S/C44H81ClNO2/c1-5-7-9-11-13-15-17-19-21-23-25-27-29-31-33-35-38-44(47-41-43(48-44)37-40-46(3,4)42-45)39-36-34-32-30-28-26-24-22-20-18-16-14-12-10-8-6-2/h13-16,19-22,43H,5-12,17-18,23-42H2,1-4H3/q+1/b15-13-,16-14-,21-19-,22-20-. The highest BCUT2D eigenvalue weighted by Crippen LogP contribution is 2.36. The van der Waals surface area contributed by atoms with Crippen LogP contribution in [0.1, 0.15) is 187 Å². The third-order valence-corrected chi connectivity index (χ3v) is 10.5. The number of allylic oxidation sites excluding steroid dienone is 8. The van der Waals surface area contributed by atoms with Gasteiger partial charge in [0.25, 0.3) is 0 Å². The van der Waals surface area contributed by atoms with Crippen molar-refractivity contribution in [1.82, 2.24) is 0 Å². The molecule has 1 fully saturated rings. The first kappa shape index (κ1) is 45.2. The van der Waals surface area contributed by atoms with E-state index in [1.807, 2.05) is 0 Å². The van der Waals surface area contributed by atoms with Crippen LogP contribution in [0.15, 0.2) is 48.6 Å². The van der Waals surface area contributed by atoms with Crippen molar-refractivity contribution in [3.63, 3.8) is 0 Å². The van der Waals surface area contributed by atoms with Crippen molar-refractivity contribution in [2.45, 2.75) is 199 Å². The molecule has 48 heavy (non-hydrogen) atoms. The van der Waals surface area contributed by atoms with E-state index < -0.39 is 0 Å². The van der Waals surface area contributed by atoms with Gasteiger partial charge in [-0.25, -0.2) is 0 Å². The number of unbranched alkanes of at least 4 members (excludes halogenated alkanes) is 18. The molecular formula is C44H81ClNO2+. The van der Waals surface area contributed by atoms with Crippen molar-refractivity contribution in [3.05, 3.63) is 48.6 Å². The number of ether oxygens (including phenoxy) is 2. The van der Waals surface area contributed by atoms with Crippen molar-refractivity contribution in [3.8, 4) is 0 Å². The van der Waals surface area contributed by atoms with Crippen LogP contribution in [0.5, 0.6) is 0 Å². The Bertz CT molecular complexity index is 769. The second kappa shape index (κ2) is 32.1. The second-order valence-electron chi connectivity index (χ2n) is 15.2. The Hall–Kier alpha value is -0.870. The fourth-order valence-electron chi connectivity index (χ4n) is 6.46. The number of quaternary nitrogens is 1. The third-order valence-electron chi connectivity index (χ3n) is 9.81. The molecule has 1 rings (SSSR count). The van der Waals surface area contributed by atoms with E-state index in [-0.39, 0.29) is 11.9 Å². The molecule has 1 aliphatic heterocycles. The van der Waals surface area contributed by atoms with E-state index in [1.54, 1.807) is 0 Å². The summed E-state index contributed by atoms with van der Waals surface area (Å²) in [6, 6.07) is 0.637. The molecule has 280 valence electrons. The third kappa shape index (κ3) is 26.9. The van der Waals surface area contributed by atoms with Gasteiger partial charge in [-0.15, -0.1) is 0 Å². The van der Waals surface area contributed by atoms with Gasteiger partial charge in [-0.1, -0.05) is 151 Å². The Balaban J connectivity index is 2.24. The summed E-state index contributed by atoms with van der Waals surface area (Å²) in [6.45, 7) is 6.31. The zero-order valence-corrected chi connectivity index (χ0v) is 33.3. The maximum atomic E-state index is 6.74. The van der Waals surface area contributed by atoms with Crippen LogP contribution in [-0.4, -0.2) is 49.6 Å². The first-order chi connectivity index (χ1) is 23.5. The molecule has 0 radical (unpaired) electrons. The second-order valence-corrected chi connectivity index (χ2v) is 15.4. The SMILES string of the molecule is CCCCC/C=C\C/C=C\CCCCCCCCC1(CCCCCCCC/C=C\C/C=C\CCCCC)OCC(CC[N+](C)(C)CCl)O1. The van der Waals surface area contributed by atoms with Gasteiger partial charge in [0.15, 0.2) is 11.8 Å². The maximum Gasteiger partial charge on any atom is 0.168 e. The lowest BCUT2D eigenvalue weighted by atomic mass is 9.98. The van der Waals surface area contributed by atoms with Gasteiger partial charge in [-0.3, -0.25) is 0 Å². The van der Waals surface area contributed by atoms with Crippen LogP contribution in [0.4, 0.5) is 0 Å². The van der Waals surface area contributed by atoms with E-state index in [2.05, 4.69) is 76.6 Å². The Morgan fingerprint density at radius 3 is 1.38 bits per heavy atom. The number of rotatable bonds is 34. The highest BCUT2D eigenvalue weighted by Gasteiger charge is 2.40. The van der Waals surface area contributed by atoms with Crippen LogP contribution < -0.4 is 0 Å². The Morgan fingerprint density at radius 2 is 0.958 bits per heavy atom. The first-order valence-electron chi connectivity index (χ1n) is 20.8. The number of nitrogens with zero attached hydrogens (tertiary/aromatic N) is 1. The molecule has 0 spiro atoms. The molecule has 0 bridgehead atoms. The van der Waals surface area contributed by atoms with E-state index in [1.165, 1.54) is 141 Å². The number of halogens is 1. The average Bonchev–Trinajstić information content (AvgIpc) is 3.50. The summed E-state index contributed by atoms with van der Waals surface area (Å²) in [7, 11) is 4.40. The normalized spacial score (nSPS) is 17.0. The zero-order valence-electron chi connectivity index (χ0n) is 32.6. The molecule has 0 aromatic carbocycles. The molecule has 1 atom stereocenters. The van der Waals surface area contributed by atoms with Gasteiger partial charge in [0.05, 0.1) is 33.4 Å². The highest BCUT2D eigenvalue weighted by atomic mass is 35.5. The Kier molecular flexibility index (Phi) is 30.2. The predicted molar refractivity (Wildman–Crippen MR) is 214 cm³/mol. The molecular weight excluding hydrogens is 610 g/mol. The summed E-state index contributed by atoms with van der Waals surface area (Å²) < 4.78 is 14.1. The quantitative estimate of drug-likeness (QED) is 0.0220. The fourth-order valence-corrected chi connectivity index (χ4v) is 6.58. The molecule has 0 aromatic rings. The van der Waals surface area contributed by atoms with Crippen molar-refractivity contribution in [1.29, 1.82) is 0 Å². The van der Waals surface area contributed by atoms with Crippen molar-refractivity contribution in [2.75, 3.05) is 33.3 Å². The molecule has 1 unspecified atom stereocenters. The van der Waals surface area contributed by atoms with Crippen LogP contribution in [0.3, 0.4) is 0 Å². The molecule has 1 heterocycles. The van der Waals surface area contributed by atoms with Gasteiger partial charge >= 0.3 is 0 Å². The van der Waals surface area contributed by atoms with Gasteiger partial charge in [-0.05, 0) is 77.0 Å². The first-order valence-corrected chi connectivity index (χ1v) is 21.3. The monoisotopic (exact) mass is 691 g/mol. The minimum absolute atomic E-state index is 0.208. The zero-order chi connectivity index (χ0) is 34.9. The molecule has 1 aliphatic rings. The van der Waals surface area contributed by atoms with E-state index in [0.717, 1.165) is 49.7 Å². The predicted octanol–water partition coefficient (Wildman–Crippen LogP) is 14.2. The molecule has 0 N–H and O–H groups in total. The van der Waals surface area contributed by atoms with Crippen LogP contribution >= 0.6 is 11.6 Å². The Morgan fingerprint density at radius 1 is 0.562 bits per heavy atom. The van der Waals surface area contributed by atoms with Crippen LogP contribution in [0, 0.1) is 0 Å². The number of hydrogen-bond donors (Lipinski definition) is 0. The lowest BCUT2D eigenvalue weighted by Gasteiger charge is -2.30. The largest absolute Gasteiger partial charge is 0.347 e. The molecule has 4 heteroatoms. The summed E-state index contributed by atoms with van der Waals surface area (Å²) >= 11 is 6.19. The highest BCUT2D eigenvalue weighted by molar-refractivity contribution is 6.16. The van der Waals surface area contributed by atoms with E-state index in [4.69, 9.17) is 21.1 Å². The number of alkyl halides is 1. The number of hydrogen-bond acceptors (Lipinski definition) is 2. The molecule has 0 saturated carbocycles. The van der Waals surface area contributed by atoms with E-state index in [9.17, 15) is 0 Å². The summed E-state index contributed by atoms with van der Waals surface area (Å²) in [5, 5.41) is 0. The molecule has 0 amide bonds. The van der Waals surface area contributed by atoms with Gasteiger partial charge in [0, 0.05) is 19.3 Å². The van der Waals surface area contributed by atoms with Crippen molar-refractivity contribution < 1.29 is 14.0 Å². The molecule has 0 aromatic heterocycles. The maximum absolute atomic E-state index is 6.74. The fraction of sp³-hybridized carbons (Fsp3) is 0.818. The van der Waals surface area contributed by atoms with Gasteiger partial charge < -0.3 is 14.0 Å². The topological polar surface area (TPSA) is 18.5 Å². The minimum atomic E-state index is -0.354.